The van der Waals surface area contributed by atoms with Crippen LogP contribution >= 0.6 is 11.8 Å². The van der Waals surface area contributed by atoms with Crippen molar-refractivity contribution in [3.05, 3.63) is 29.8 Å². The fourth-order valence-corrected chi connectivity index (χ4v) is 3.01. The van der Waals surface area contributed by atoms with Crippen molar-refractivity contribution in [3.8, 4) is 0 Å². The maximum Gasteiger partial charge on any atom is 0.240 e. The lowest BCUT2D eigenvalue weighted by atomic mass is 10.1. The minimum absolute atomic E-state index is 0.199. The summed E-state index contributed by atoms with van der Waals surface area (Å²) in [6.07, 6.45) is 2.12. The van der Waals surface area contributed by atoms with Gasteiger partial charge in [0.15, 0.2) is 0 Å². The van der Waals surface area contributed by atoms with Gasteiger partial charge in [-0.3, -0.25) is 0 Å². The number of hydrogen-bond donors (Lipinski definition) is 2. The van der Waals surface area contributed by atoms with Crippen LogP contribution in [-0.2, 0) is 10.0 Å². The van der Waals surface area contributed by atoms with Gasteiger partial charge in [-0.1, -0.05) is 12.1 Å². The van der Waals surface area contributed by atoms with Crippen molar-refractivity contribution in [2.75, 3.05) is 18.6 Å². The fourth-order valence-electron chi connectivity index (χ4n) is 1.45. The third-order valence-corrected chi connectivity index (χ3v) is 4.62. The van der Waals surface area contributed by atoms with Crippen LogP contribution in [0.5, 0.6) is 0 Å². The minimum atomic E-state index is -3.47. The first-order chi connectivity index (χ1) is 8.47. The molecule has 1 atom stereocenters. The van der Waals surface area contributed by atoms with Crippen molar-refractivity contribution in [3.63, 3.8) is 0 Å². The highest BCUT2D eigenvalue weighted by Crippen LogP contribution is 2.17. The molecule has 0 radical (unpaired) electrons. The molecular weight excluding hydrogens is 270 g/mol. The molecule has 1 rings (SSSR count). The maximum atomic E-state index is 12.0. The van der Waals surface area contributed by atoms with Crippen LogP contribution in [0.4, 0.5) is 0 Å². The number of aliphatic hydroxyl groups is 1. The standard InChI is InChI=1S/C12H19NO3S2/c1-10(14)11-5-3-6-12(9-11)18(15,16)13-7-4-8-17-2/h3,5-6,9-10,13-14H,4,7-8H2,1-2H3. The van der Waals surface area contributed by atoms with Crippen molar-refractivity contribution >= 4 is 21.8 Å². The molecule has 0 aliphatic heterocycles. The molecule has 4 nitrogen and oxygen atoms in total. The lowest BCUT2D eigenvalue weighted by Crippen LogP contribution is -2.25. The number of sulfonamides is 1. The van der Waals surface area contributed by atoms with Crippen molar-refractivity contribution in [2.45, 2.75) is 24.3 Å². The van der Waals surface area contributed by atoms with Crippen LogP contribution in [-0.4, -0.2) is 32.1 Å². The van der Waals surface area contributed by atoms with Gasteiger partial charge in [0.05, 0.1) is 11.0 Å². The molecule has 0 aliphatic rings. The van der Waals surface area contributed by atoms with Crippen LogP contribution in [0, 0.1) is 0 Å². The Bertz CT molecular complexity index is 472. The van der Waals surface area contributed by atoms with Crippen LogP contribution in [0.15, 0.2) is 29.2 Å². The molecule has 1 aromatic carbocycles. The first-order valence-electron chi connectivity index (χ1n) is 5.74. The lowest BCUT2D eigenvalue weighted by molar-refractivity contribution is 0.199. The molecule has 0 heterocycles. The average molecular weight is 289 g/mol. The van der Waals surface area contributed by atoms with Crippen molar-refractivity contribution in [2.24, 2.45) is 0 Å². The Morgan fingerprint density at radius 1 is 1.44 bits per heavy atom. The Labute approximate surface area is 113 Å². The molecule has 0 fully saturated rings. The van der Waals surface area contributed by atoms with Gasteiger partial charge in [0.1, 0.15) is 0 Å². The summed E-state index contributed by atoms with van der Waals surface area (Å²) < 4.78 is 26.5. The molecule has 6 heteroatoms. The van der Waals surface area contributed by atoms with E-state index >= 15 is 0 Å². The minimum Gasteiger partial charge on any atom is -0.389 e. The van der Waals surface area contributed by atoms with Crippen molar-refractivity contribution in [1.82, 2.24) is 4.72 Å². The average Bonchev–Trinajstić information content (AvgIpc) is 2.35. The fraction of sp³-hybridized carbons (Fsp3) is 0.500. The van der Waals surface area contributed by atoms with Crippen LogP contribution < -0.4 is 4.72 Å². The molecule has 1 aromatic rings. The predicted molar refractivity (Wildman–Crippen MR) is 75.3 cm³/mol. The van der Waals surface area contributed by atoms with Gasteiger partial charge in [0.25, 0.3) is 0 Å². The molecule has 18 heavy (non-hydrogen) atoms. The second kappa shape index (κ2) is 7.13. The van der Waals surface area contributed by atoms with E-state index in [9.17, 15) is 13.5 Å². The van der Waals surface area contributed by atoms with E-state index in [1.54, 1.807) is 30.8 Å². The molecule has 2 N–H and O–H groups in total. The topological polar surface area (TPSA) is 66.4 Å². The molecular formula is C12H19NO3S2. The second-order valence-electron chi connectivity index (χ2n) is 3.99. The SMILES string of the molecule is CSCCCNS(=O)(=O)c1cccc(C(C)O)c1. The molecule has 0 amide bonds. The quantitative estimate of drug-likeness (QED) is 0.751. The smallest absolute Gasteiger partial charge is 0.240 e. The van der Waals surface area contributed by atoms with E-state index in [1.807, 2.05) is 6.26 Å². The number of thioether (sulfide) groups is 1. The lowest BCUT2D eigenvalue weighted by Gasteiger charge is -2.09. The van der Waals surface area contributed by atoms with Gasteiger partial charge in [0.2, 0.25) is 10.0 Å². The number of benzene rings is 1. The molecule has 0 saturated carbocycles. The summed E-state index contributed by atoms with van der Waals surface area (Å²) in [4.78, 5) is 0.199. The van der Waals surface area contributed by atoms with Gasteiger partial charge >= 0.3 is 0 Å². The molecule has 1 unspecified atom stereocenters. The highest BCUT2D eigenvalue weighted by atomic mass is 32.2. The summed E-state index contributed by atoms with van der Waals surface area (Å²) in [6.45, 7) is 2.04. The van der Waals surface area contributed by atoms with Crippen LogP contribution in [0.25, 0.3) is 0 Å². The van der Waals surface area contributed by atoms with Gasteiger partial charge in [-0.15, -0.1) is 0 Å². The largest absolute Gasteiger partial charge is 0.389 e. The zero-order chi connectivity index (χ0) is 13.6. The maximum absolute atomic E-state index is 12.0. The van der Waals surface area contributed by atoms with E-state index in [4.69, 9.17) is 0 Å². The molecule has 0 saturated heterocycles. The second-order valence-corrected chi connectivity index (χ2v) is 6.75. The van der Waals surface area contributed by atoms with Crippen LogP contribution in [0.1, 0.15) is 25.0 Å². The number of aliphatic hydroxyl groups excluding tert-OH is 1. The number of rotatable bonds is 7. The summed E-state index contributed by atoms with van der Waals surface area (Å²) in [5, 5.41) is 9.44. The van der Waals surface area contributed by atoms with Gasteiger partial charge in [-0.25, -0.2) is 13.1 Å². The summed E-state index contributed by atoms with van der Waals surface area (Å²) in [6, 6.07) is 6.38. The third-order valence-electron chi connectivity index (χ3n) is 2.47. The molecule has 0 bridgehead atoms. The first-order valence-corrected chi connectivity index (χ1v) is 8.61. The van der Waals surface area contributed by atoms with Gasteiger partial charge in [-0.2, -0.15) is 11.8 Å². The van der Waals surface area contributed by atoms with E-state index in [0.717, 1.165) is 12.2 Å². The molecule has 102 valence electrons. The Hall–Kier alpha value is -0.560. The van der Waals surface area contributed by atoms with E-state index in [-0.39, 0.29) is 4.90 Å². The van der Waals surface area contributed by atoms with Crippen molar-refractivity contribution in [1.29, 1.82) is 0 Å². The number of hydrogen-bond acceptors (Lipinski definition) is 4. The Kier molecular flexibility index (Phi) is 6.14. The highest BCUT2D eigenvalue weighted by Gasteiger charge is 2.14. The summed E-state index contributed by atoms with van der Waals surface area (Å²) in [7, 11) is -3.47. The summed E-state index contributed by atoms with van der Waals surface area (Å²) >= 11 is 1.69. The van der Waals surface area contributed by atoms with E-state index < -0.39 is 16.1 Å². The Balaban J connectivity index is 2.75. The normalized spacial score (nSPS) is 13.5. The predicted octanol–water partition coefficient (Wildman–Crippen LogP) is 1.77. The van der Waals surface area contributed by atoms with Gasteiger partial charge in [0, 0.05) is 6.54 Å². The number of nitrogens with one attached hydrogen (secondary N) is 1. The third kappa shape index (κ3) is 4.61. The Morgan fingerprint density at radius 2 is 2.17 bits per heavy atom. The van der Waals surface area contributed by atoms with Crippen LogP contribution in [0.2, 0.25) is 0 Å². The van der Waals surface area contributed by atoms with E-state index in [2.05, 4.69) is 4.72 Å². The zero-order valence-corrected chi connectivity index (χ0v) is 12.2. The highest BCUT2D eigenvalue weighted by molar-refractivity contribution is 7.98. The van der Waals surface area contributed by atoms with E-state index in [1.165, 1.54) is 12.1 Å². The van der Waals surface area contributed by atoms with E-state index in [0.29, 0.717) is 12.1 Å². The summed E-state index contributed by atoms with van der Waals surface area (Å²) in [5.74, 6) is 0.927. The monoisotopic (exact) mass is 289 g/mol. The first kappa shape index (κ1) is 15.5. The molecule has 0 aromatic heterocycles. The molecule has 0 aliphatic carbocycles. The zero-order valence-electron chi connectivity index (χ0n) is 10.6. The van der Waals surface area contributed by atoms with Gasteiger partial charge in [-0.05, 0) is 43.0 Å². The summed E-state index contributed by atoms with van der Waals surface area (Å²) in [5.41, 5.74) is 0.599. The van der Waals surface area contributed by atoms with Crippen LogP contribution in [0.3, 0.4) is 0 Å². The molecule has 0 spiro atoms. The van der Waals surface area contributed by atoms with Crippen molar-refractivity contribution < 1.29 is 13.5 Å². The Morgan fingerprint density at radius 3 is 2.78 bits per heavy atom. The van der Waals surface area contributed by atoms with Gasteiger partial charge < -0.3 is 5.11 Å².